The molecule has 0 unspecified atom stereocenters. The standard InChI is InChI=1S/C18H21N3OS/c1-6-15-20-17(16-11(3)12(4)23-18(16)21-15)19-13-9-10(2)7-8-14(13)22-5/h7-9H,6H2,1-5H3,(H,19,20,21). The van der Waals surface area contributed by atoms with Gasteiger partial charge in [-0.1, -0.05) is 13.0 Å². The lowest BCUT2D eigenvalue weighted by molar-refractivity contribution is 0.416. The highest BCUT2D eigenvalue weighted by atomic mass is 32.1. The van der Waals surface area contributed by atoms with Crippen LogP contribution in [-0.4, -0.2) is 17.1 Å². The highest BCUT2D eigenvalue weighted by Crippen LogP contribution is 2.36. The zero-order valence-corrected chi connectivity index (χ0v) is 15.0. The summed E-state index contributed by atoms with van der Waals surface area (Å²) in [5.41, 5.74) is 3.34. The Morgan fingerprint density at radius 3 is 2.65 bits per heavy atom. The SMILES string of the molecule is CCc1nc(Nc2cc(C)ccc2OC)c2c(C)c(C)sc2n1. The van der Waals surface area contributed by atoms with Crippen LogP contribution >= 0.6 is 11.3 Å². The smallest absolute Gasteiger partial charge is 0.143 e. The number of thiophene rings is 1. The lowest BCUT2D eigenvalue weighted by atomic mass is 10.2. The van der Waals surface area contributed by atoms with Gasteiger partial charge in [0.2, 0.25) is 0 Å². The average molecular weight is 327 g/mol. The first-order valence-corrected chi connectivity index (χ1v) is 8.53. The van der Waals surface area contributed by atoms with E-state index in [4.69, 9.17) is 9.72 Å². The van der Waals surface area contributed by atoms with E-state index in [1.54, 1.807) is 18.4 Å². The quantitative estimate of drug-likeness (QED) is 0.738. The molecule has 0 spiro atoms. The number of aryl methyl sites for hydroxylation is 4. The fraction of sp³-hybridized carbons (Fsp3) is 0.333. The zero-order valence-electron chi connectivity index (χ0n) is 14.2. The number of hydrogen-bond donors (Lipinski definition) is 1. The molecule has 0 saturated heterocycles. The molecule has 120 valence electrons. The number of anilines is 2. The van der Waals surface area contributed by atoms with Crippen LogP contribution in [0.4, 0.5) is 11.5 Å². The van der Waals surface area contributed by atoms with Crippen molar-refractivity contribution in [1.82, 2.24) is 9.97 Å². The van der Waals surface area contributed by atoms with Crippen molar-refractivity contribution < 1.29 is 4.74 Å². The van der Waals surface area contributed by atoms with Crippen molar-refractivity contribution in [2.75, 3.05) is 12.4 Å². The Kier molecular flexibility index (Phi) is 4.22. The molecular formula is C18H21N3OS. The van der Waals surface area contributed by atoms with Crippen LogP contribution < -0.4 is 10.1 Å². The van der Waals surface area contributed by atoms with Crippen LogP contribution in [0.3, 0.4) is 0 Å². The molecule has 3 aromatic rings. The minimum absolute atomic E-state index is 0.810. The average Bonchev–Trinajstić information content (AvgIpc) is 2.82. The monoisotopic (exact) mass is 327 g/mol. The van der Waals surface area contributed by atoms with E-state index in [0.29, 0.717) is 0 Å². The summed E-state index contributed by atoms with van der Waals surface area (Å²) in [5, 5.41) is 4.57. The first kappa shape index (κ1) is 15.7. The van der Waals surface area contributed by atoms with Crippen molar-refractivity contribution in [3.63, 3.8) is 0 Å². The van der Waals surface area contributed by atoms with Gasteiger partial charge in [0.05, 0.1) is 18.2 Å². The molecule has 0 amide bonds. The maximum Gasteiger partial charge on any atom is 0.143 e. The van der Waals surface area contributed by atoms with E-state index in [0.717, 1.165) is 39.7 Å². The molecule has 0 saturated carbocycles. The highest BCUT2D eigenvalue weighted by Gasteiger charge is 2.15. The summed E-state index contributed by atoms with van der Waals surface area (Å²) in [6.07, 6.45) is 0.811. The van der Waals surface area contributed by atoms with Crippen molar-refractivity contribution in [3.05, 3.63) is 40.0 Å². The van der Waals surface area contributed by atoms with Crippen molar-refractivity contribution in [2.24, 2.45) is 0 Å². The molecular weight excluding hydrogens is 306 g/mol. The van der Waals surface area contributed by atoms with E-state index in [1.165, 1.54) is 16.0 Å². The number of aromatic nitrogens is 2. The molecule has 0 aliphatic rings. The molecule has 0 bridgehead atoms. The van der Waals surface area contributed by atoms with Gasteiger partial charge in [0.25, 0.3) is 0 Å². The first-order valence-electron chi connectivity index (χ1n) is 7.71. The van der Waals surface area contributed by atoms with Crippen LogP contribution in [0.15, 0.2) is 18.2 Å². The highest BCUT2D eigenvalue weighted by molar-refractivity contribution is 7.18. The largest absolute Gasteiger partial charge is 0.495 e. The fourth-order valence-electron chi connectivity index (χ4n) is 2.59. The van der Waals surface area contributed by atoms with Crippen molar-refractivity contribution in [1.29, 1.82) is 0 Å². The van der Waals surface area contributed by atoms with Gasteiger partial charge in [0.1, 0.15) is 22.2 Å². The maximum absolute atomic E-state index is 5.47. The lowest BCUT2D eigenvalue weighted by Gasteiger charge is -2.13. The van der Waals surface area contributed by atoms with Crippen LogP contribution in [0.2, 0.25) is 0 Å². The van der Waals surface area contributed by atoms with Crippen LogP contribution in [0, 0.1) is 20.8 Å². The van der Waals surface area contributed by atoms with Gasteiger partial charge in [-0.15, -0.1) is 11.3 Å². The third kappa shape index (κ3) is 2.88. The number of ether oxygens (including phenoxy) is 1. The number of nitrogens with one attached hydrogen (secondary N) is 1. The number of benzene rings is 1. The lowest BCUT2D eigenvalue weighted by Crippen LogP contribution is -2.02. The molecule has 0 atom stereocenters. The van der Waals surface area contributed by atoms with Gasteiger partial charge >= 0.3 is 0 Å². The molecule has 0 aliphatic carbocycles. The summed E-state index contributed by atoms with van der Waals surface area (Å²) >= 11 is 1.72. The predicted octanol–water partition coefficient (Wildman–Crippen LogP) is 4.93. The third-order valence-corrected chi connectivity index (χ3v) is 5.10. The predicted molar refractivity (Wildman–Crippen MR) is 97.3 cm³/mol. The van der Waals surface area contributed by atoms with Gasteiger partial charge in [-0.05, 0) is 44.0 Å². The Hall–Kier alpha value is -2.14. The molecule has 0 radical (unpaired) electrons. The Balaban J connectivity index is 2.18. The summed E-state index contributed by atoms with van der Waals surface area (Å²) in [4.78, 5) is 11.7. The molecule has 0 aliphatic heterocycles. The summed E-state index contributed by atoms with van der Waals surface area (Å²) in [7, 11) is 1.68. The molecule has 23 heavy (non-hydrogen) atoms. The molecule has 4 nitrogen and oxygen atoms in total. The molecule has 1 N–H and O–H groups in total. The zero-order chi connectivity index (χ0) is 16.6. The van der Waals surface area contributed by atoms with E-state index in [1.807, 2.05) is 12.1 Å². The van der Waals surface area contributed by atoms with E-state index in [-0.39, 0.29) is 0 Å². The van der Waals surface area contributed by atoms with Gasteiger partial charge in [-0.25, -0.2) is 9.97 Å². The van der Waals surface area contributed by atoms with Crippen LogP contribution in [0.25, 0.3) is 10.2 Å². The van der Waals surface area contributed by atoms with E-state index < -0.39 is 0 Å². The second kappa shape index (κ2) is 6.16. The summed E-state index contributed by atoms with van der Waals surface area (Å²) in [5.74, 6) is 2.52. The fourth-order valence-corrected chi connectivity index (χ4v) is 3.64. The number of methoxy groups -OCH3 is 1. The number of fused-ring (bicyclic) bond motifs is 1. The normalized spacial score (nSPS) is 11.0. The molecule has 0 fully saturated rings. The Morgan fingerprint density at radius 2 is 1.96 bits per heavy atom. The van der Waals surface area contributed by atoms with E-state index in [2.05, 4.69) is 44.1 Å². The Labute approximate surface area is 140 Å². The van der Waals surface area contributed by atoms with Gasteiger partial charge in [0, 0.05) is 11.3 Å². The number of hydrogen-bond acceptors (Lipinski definition) is 5. The molecule has 2 heterocycles. The molecule has 3 rings (SSSR count). The van der Waals surface area contributed by atoms with Crippen LogP contribution in [0.1, 0.15) is 28.8 Å². The topological polar surface area (TPSA) is 47.0 Å². The number of rotatable bonds is 4. The van der Waals surface area contributed by atoms with Gasteiger partial charge in [-0.2, -0.15) is 0 Å². The van der Waals surface area contributed by atoms with Crippen molar-refractivity contribution in [2.45, 2.75) is 34.1 Å². The van der Waals surface area contributed by atoms with Crippen LogP contribution in [-0.2, 0) is 6.42 Å². The Morgan fingerprint density at radius 1 is 1.17 bits per heavy atom. The van der Waals surface area contributed by atoms with Crippen LogP contribution in [0.5, 0.6) is 5.75 Å². The second-order valence-corrected chi connectivity index (χ2v) is 6.84. The van der Waals surface area contributed by atoms with Gasteiger partial charge in [-0.3, -0.25) is 0 Å². The minimum atomic E-state index is 0.810. The summed E-state index contributed by atoms with van der Waals surface area (Å²) in [6, 6.07) is 6.09. The summed E-state index contributed by atoms with van der Waals surface area (Å²) in [6.45, 7) is 8.40. The third-order valence-electron chi connectivity index (χ3n) is 4.00. The minimum Gasteiger partial charge on any atom is -0.495 e. The van der Waals surface area contributed by atoms with E-state index >= 15 is 0 Å². The molecule has 1 aromatic carbocycles. The van der Waals surface area contributed by atoms with Crippen molar-refractivity contribution >= 4 is 33.1 Å². The Bertz CT molecular complexity index is 870. The first-order chi connectivity index (χ1) is 11.0. The summed E-state index contributed by atoms with van der Waals surface area (Å²) < 4.78 is 5.47. The number of nitrogens with zero attached hydrogens (tertiary/aromatic N) is 2. The van der Waals surface area contributed by atoms with E-state index in [9.17, 15) is 0 Å². The molecule has 2 aromatic heterocycles. The van der Waals surface area contributed by atoms with Gasteiger partial charge in [0.15, 0.2) is 0 Å². The maximum atomic E-state index is 5.47. The second-order valence-electron chi connectivity index (χ2n) is 5.63. The van der Waals surface area contributed by atoms with Gasteiger partial charge < -0.3 is 10.1 Å². The molecule has 5 heteroatoms. The van der Waals surface area contributed by atoms with Crippen molar-refractivity contribution in [3.8, 4) is 5.75 Å².